The minimum absolute atomic E-state index is 1.03. The fraction of sp³-hybridized carbons (Fsp3) is 0.0645. The van der Waals surface area contributed by atoms with E-state index in [1.165, 1.54) is 100 Å². The van der Waals surface area contributed by atoms with Gasteiger partial charge in [-0.2, -0.15) is 0 Å². The number of hydrogen-bond acceptors (Lipinski definition) is 0. The number of hydrogen-bond donors (Lipinski definition) is 0. The quantitative estimate of drug-likeness (QED) is 0.145. The van der Waals surface area contributed by atoms with E-state index in [4.69, 9.17) is 0 Å². The molecule has 0 atom stereocenters. The molecule has 4 nitrogen and oxygen atoms in total. The minimum atomic E-state index is 1.03. The summed E-state index contributed by atoms with van der Waals surface area (Å²) in [5.41, 5.74) is 22.2. The van der Waals surface area contributed by atoms with Gasteiger partial charge in [-0.15, -0.1) is 0 Å². The topological polar surface area (TPSA) is 19.7 Å². The number of rotatable bonds is 8. The Hall–Kier alpha value is -8.34. The third kappa shape index (κ3) is 6.36. The van der Waals surface area contributed by atoms with Crippen LogP contribution in [0.15, 0.2) is 219 Å². The van der Waals surface area contributed by atoms with E-state index in [-0.39, 0.29) is 0 Å². The van der Waals surface area contributed by atoms with Gasteiger partial charge in [0.1, 0.15) is 0 Å². The van der Waals surface area contributed by atoms with E-state index < -0.39 is 0 Å². The van der Waals surface area contributed by atoms with E-state index in [9.17, 15) is 0 Å². The van der Waals surface area contributed by atoms with Crippen molar-refractivity contribution in [2.24, 2.45) is 0 Å². The molecule has 314 valence electrons. The Morgan fingerprint density at radius 1 is 0.333 bits per heavy atom. The van der Waals surface area contributed by atoms with E-state index in [0.717, 1.165) is 37.1 Å². The average Bonchev–Trinajstić information content (AvgIpc) is 4.17. The second-order valence-electron chi connectivity index (χ2n) is 17.6. The van der Waals surface area contributed by atoms with Crippen LogP contribution in [0.2, 0.25) is 0 Å². The molecular weight excluding hydrogens is 801 g/mol. The van der Waals surface area contributed by atoms with Crippen molar-refractivity contribution in [2.75, 3.05) is 0 Å². The summed E-state index contributed by atoms with van der Waals surface area (Å²) < 4.78 is 9.55. The smallest absolute Gasteiger partial charge is 0.0542 e. The molecule has 7 aromatic carbocycles. The van der Waals surface area contributed by atoms with Gasteiger partial charge in [0.05, 0.1) is 22.4 Å². The second kappa shape index (κ2) is 15.7. The molecule has 0 radical (unpaired) electrons. The van der Waals surface area contributed by atoms with Crippen LogP contribution in [0.25, 0.3) is 113 Å². The molecule has 0 unspecified atom stereocenters. The molecule has 0 fully saturated rings. The number of fused-ring (bicyclic) bond motifs is 4. The van der Waals surface area contributed by atoms with Gasteiger partial charge in [-0.3, -0.25) is 0 Å². The van der Waals surface area contributed by atoms with E-state index in [0.29, 0.717) is 0 Å². The molecule has 0 aliphatic carbocycles. The van der Waals surface area contributed by atoms with Crippen molar-refractivity contribution in [2.45, 2.75) is 25.7 Å². The number of allylic oxidation sites excluding steroid dienone is 2. The Labute approximate surface area is 384 Å². The number of benzene rings is 7. The molecule has 0 saturated heterocycles. The highest BCUT2D eigenvalue weighted by Gasteiger charge is 2.23. The van der Waals surface area contributed by atoms with Crippen LogP contribution >= 0.6 is 0 Å². The normalized spacial score (nSPS) is 13.1. The maximum Gasteiger partial charge on any atom is 0.0542 e. The Morgan fingerprint density at radius 2 is 0.697 bits per heavy atom. The van der Waals surface area contributed by atoms with Crippen molar-refractivity contribution in [3.8, 4) is 78.4 Å². The van der Waals surface area contributed by atoms with Crippen LogP contribution in [0, 0.1) is 0 Å². The lowest BCUT2D eigenvalue weighted by atomic mass is 9.95. The van der Waals surface area contributed by atoms with E-state index in [2.05, 4.69) is 249 Å². The van der Waals surface area contributed by atoms with E-state index in [1.807, 2.05) is 0 Å². The summed E-state index contributed by atoms with van der Waals surface area (Å²) in [6.45, 7) is 0. The van der Waals surface area contributed by atoms with Crippen molar-refractivity contribution in [3.63, 3.8) is 0 Å². The standard InChI is InChI=1S/C62H46N4/c1-5-17-45(18-6-1)57-37-49-39-60-50(40-59(49)65(57)51-31-27-43(28-32-51)53-41-63-35-15-13-25-55(63)61(53)47-21-9-3-10-22-47)38-58(46-19-7-2-8-20-46)66(60)52-33-29-44(30-34-52)54-42-64-36-16-14-26-56(64)62(54)48-23-11-4-12-24-48/h1-12,15-24,27-42H,13-14,25-26H2. The zero-order valence-electron chi connectivity index (χ0n) is 36.6. The van der Waals surface area contributed by atoms with Gasteiger partial charge in [-0.05, 0) is 108 Å². The van der Waals surface area contributed by atoms with Gasteiger partial charge in [0, 0.05) is 80.6 Å². The SMILES string of the molecule is C1=Cn2cc(-c3ccc(-n4c(-c5ccccc5)cc5cc6c(cc(-c7ccccc7)n6-c6ccc(-c7cn8c(c7-c7ccccc7)CCC=C8)cc6)cc54)cc3)c(-c3ccccc3)c2CC1. The molecule has 6 heterocycles. The van der Waals surface area contributed by atoms with Crippen LogP contribution < -0.4 is 0 Å². The van der Waals surface area contributed by atoms with Crippen molar-refractivity contribution >= 4 is 34.2 Å². The number of nitrogens with zero attached hydrogens (tertiary/aromatic N) is 4. The molecule has 0 bridgehead atoms. The van der Waals surface area contributed by atoms with Gasteiger partial charge in [0.15, 0.2) is 0 Å². The van der Waals surface area contributed by atoms with Crippen molar-refractivity contribution in [1.82, 2.24) is 18.3 Å². The lowest BCUT2D eigenvalue weighted by Gasteiger charge is -2.14. The summed E-state index contributed by atoms with van der Waals surface area (Å²) in [5, 5.41) is 2.39. The van der Waals surface area contributed by atoms with Crippen molar-refractivity contribution in [3.05, 3.63) is 230 Å². The molecule has 4 heteroatoms. The molecule has 4 aromatic heterocycles. The fourth-order valence-corrected chi connectivity index (χ4v) is 10.7. The summed E-state index contributed by atoms with van der Waals surface area (Å²) in [4.78, 5) is 0. The largest absolute Gasteiger partial charge is 0.327 e. The Kier molecular flexibility index (Phi) is 9.09. The lowest BCUT2D eigenvalue weighted by Crippen LogP contribution is -1.99. The molecule has 0 spiro atoms. The monoisotopic (exact) mass is 846 g/mol. The van der Waals surface area contributed by atoms with Crippen LogP contribution in [-0.4, -0.2) is 18.3 Å². The highest BCUT2D eigenvalue weighted by Crippen LogP contribution is 2.43. The van der Waals surface area contributed by atoms with Gasteiger partial charge in [-0.1, -0.05) is 158 Å². The summed E-state index contributed by atoms with van der Waals surface area (Å²) in [6, 6.07) is 71.4. The predicted molar refractivity (Wildman–Crippen MR) is 276 cm³/mol. The van der Waals surface area contributed by atoms with Gasteiger partial charge < -0.3 is 18.3 Å². The molecule has 66 heavy (non-hydrogen) atoms. The first-order valence-electron chi connectivity index (χ1n) is 23.2. The molecule has 0 amide bonds. The Bertz CT molecular complexity index is 3390. The first-order chi connectivity index (χ1) is 32.7. The van der Waals surface area contributed by atoms with E-state index in [1.54, 1.807) is 0 Å². The summed E-state index contributed by atoms with van der Waals surface area (Å²) in [6.07, 6.45) is 17.8. The lowest BCUT2D eigenvalue weighted by molar-refractivity contribution is 0.879. The molecule has 0 saturated carbocycles. The summed E-state index contributed by atoms with van der Waals surface area (Å²) in [5.74, 6) is 0. The molecule has 11 aromatic rings. The first-order valence-corrected chi connectivity index (χ1v) is 23.2. The first kappa shape index (κ1) is 38.1. The van der Waals surface area contributed by atoms with Gasteiger partial charge in [0.25, 0.3) is 0 Å². The molecule has 0 N–H and O–H groups in total. The van der Waals surface area contributed by atoms with Crippen LogP contribution in [0.1, 0.15) is 24.2 Å². The zero-order valence-corrected chi connectivity index (χ0v) is 36.6. The van der Waals surface area contributed by atoms with Gasteiger partial charge >= 0.3 is 0 Å². The minimum Gasteiger partial charge on any atom is -0.327 e. The highest BCUT2D eigenvalue weighted by molar-refractivity contribution is 6.02. The summed E-state index contributed by atoms with van der Waals surface area (Å²) in [7, 11) is 0. The van der Waals surface area contributed by atoms with E-state index >= 15 is 0 Å². The molecule has 2 aliphatic heterocycles. The van der Waals surface area contributed by atoms with Crippen LogP contribution in [0.3, 0.4) is 0 Å². The fourth-order valence-electron chi connectivity index (χ4n) is 10.7. The van der Waals surface area contributed by atoms with Crippen LogP contribution in [0.4, 0.5) is 0 Å². The van der Waals surface area contributed by atoms with Crippen LogP contribution in [-0.2, 0) is 12.8 Å². The third-order valence-corrected chi connectivity index (χ3v) is 13.8. The molecular formula is C62H46N4. The third-order valence-electron chi connectivity index (χ3n) is 13.8. The second-order valence-corrected chi connectivity index (χ2v) is 17.6. The molecule has 2 aliphatic rings. The van der Waals surface area contributed by atoms with Crippen molar-refractivity contribution < 1.29 is 0 Å². The summed E-state index contributed by atoms with van der Waals surface area (Å²) >= 11 is 0. The highest BCUT2D eigenvalue weighted by atomic mass is 15.0. The van der Waals surface area contributed by atoms with Gasteiger partial charge in [-0.25, -0.2) is 0 Å². The van der Waals surface area contributed by atoms with Gasteiger partial charge in [0.2, 0.25) is 0 Å². The number of aromatic nitrogens is 4. The zero-order chi connectivity index (χ0) is 43.6. The van der Waals surface area contributed by atoms with Crippen molar-refractivity contribution in [1.29, 1.82) is 0 Å². The van der Waals surface area contributed by atoms with Crippen LogP contribution in [0.5, 0.6) is 0 Å². The average molecular weight is 847 g/mol. The molecule has 13 rings (SSSR count). The Morgan fingerprint density at radius 3 is 1.08 bits per heavy atom. The maximum atomic E-state index is 2.45. The maximum absolute atomic E-state index is 2.45. The Balaban J connectivity index is 0.955. The predicted octanol–water partition coefficient (Wildman–Crippen LogP) is 16.0.